The van der Waals surface area contributed by atoms with Crippen molar-refractivity contribution in [3.8, 4) is 17.5 Å². The number of carbonyl (C=O) groups excluding carboxylic acids is 1. The molecule has 0 aliphatic heterocycles. The van der Waals surface area contributed by atoms with Gasteiger partial charge >= 0.3 is 5.69 Å². The number of aromatic nitrogens is 4. The fourth-order valence-corrected chi connectivity index (χ4v) is 3.23. The molecule has 0 aliphatic rings. The van der Waals surface area contributed by atoms with Crippen molar-refractivity contribution in [2.75, 3.05) is 5.32 Å². The van der Waals surface area contributed by atoms with Gasteiger partial charge in [0.15, 0.2) is 5.65 Å². The van der Waals surface area contributed by atoms with Gasteiger partial charge in [-0.15, -0.1) is 5.10 Å². The molecule has 0 fully saturated rings. The molecule has 0 aliphatic carbocycles. The minimum absolute atomic E-state index is 0.269. The summed E-state index contributed by atoms with van der Waals surface area (Å²) in [6.07, 6.45) is 0. The maximum atomic E-state index is 13.0. The molecule has 0 atom stereocenters. The van der Waals surface area contributed by atoms with E-state index < -0.39 is 11.6 Å². The second-order valence-corrected chi connectivity index (χ2v) is 7.04. The van der Waals surface area contributed by atoms with E-state index in [1.54, 1.807) is 61.5 Å². The van der Waals surface area contributed by atoms with E-state index in [-0.39, 0.29) is 6.54 Å². The summed E-state index contributed by atoms with van der Waals surface area (Å²) in [5.74, 6) is -0.0181. The monoisotopic (exact) mass is 418 g/mol. The van der Waals surface area contributed by atoms with Crippen molar-refractivity contribution in [2.45, 2.75) is 13.5 Å². The molecular weight excluding hydrogens is 404 g/mol. The van der Waals surface area contributed by atoms with Crippen LogP contribution in [0.1, 0.15) is 11.3 Å². The summed E-state index contributed by atoms with van der Waals surface area (Å²) < 4.78 is 2.44. The molecule has 1 N–H and O–H groups in total. The van der Waals surface area contributed by atoms with Crippen LogP contribution in [0, 0.1) is 18.3 Å². The number of hydrogen-bond donors (Lipinski definition) is 1. The van der Waals surface area contributed by atoms with Gasteiger partial charge in [-0.3, -0.25) is 4.79 Å². The first-order valence-corrected chi connectivity index (χ1v) is 9.35. The molecule has 2 aromatic carbocycles. The van der Waals surface area contributed by atoms with Gasteiger partial charge in [-0.05, 0) is 43.3 Å². The lowest BCUT2D eigenvalue weighted by Gasteiger charge is -2.05. The average Bonchev–Trinajstić information content (AvgIpc) is 3.02. The second-order valence-electron chi connectivity index (χ2n) is 6.60. The molecule has 9 heteroatoms. The van der Waals surface area contributed by atoms with Gasteiger partial charge in [0.25, 0.3) is 0 Å². The zero-order valence-corrected chi connectivity index (χ0v) is 16.6. The van der Waals surface area contributed by atoms with Crippen LogP contribution in [0.3, 0.4) is 0 Å². The van der Waals surface area contributed by atoms with Crippen LogP contribution in [-0.2, 0) is 11.3 Å². The molecule has 1 amide bonds. The van der Waals surface area contributed by atoms with E-state index in [4.69, 9.17) is 16.9 Å². The van der Waals surface area contributed by atoms with Crippen LogP contribution in [0.4, 0.5) is 5.69 Å². The normalized spacial score (nSPS) is 10.7. The van der Waals surface area contributed by atoms with Crippen LogP contribution < -0.4 is 11.0 Å². The summed E-state index contributed by atoms with van der Waals surface area (Å²) in [6.45, 7) is 1.53. The van der Waals surface area contributed by atoms with Crippen molar-refractivity contribution in [3.05, 3.63) is 81.4 Å². The number of nitrogens with zero attached hydrogens (tertiary/aromatic N) is 5. The number of nitriles is 1. The maximum Gasteiger partial charge on any atom is 0.352 e. The Balaban J connectivity index is 1.68. The number of benzene rings is 2. The first kappa shape index (κ1) is 19.4. The van der Waals surface area contributed by atoms with Crippen molar-refractivity contribution in [3.63, 3.8) is 0 Å². The molecule has 0 spiro atoms. The number of amides is 1. The topological polar surface area (TPSA) is 105 Å². The lowest BCUT2D eigenvalue weighted by molar-refractivity contribution is -0.117. The third kappa shape index (κ3) is 3.79. The zero-order valence-electron chi connectivity index (χ0n) is 15.8. The van der Waals surface area contributed by atoms with Gasteiger partial charge in [-0.25, -0.2) is 18.9 Å². The molecule has 0 saturated carbocycles. The molecule has 0 bridgehead atoms. The molecule has 0 unspecified atom stereocenters. The van der Waals surface area contributed by atoms with Crippen LogP contribution in [0.2, 0.25) is 5.02 Å². The molecule has 8 nitrogen and oxygen atoms in total. The first-order chi connectivity index (χ1) is 14.4. The fraction of sp³-hybridized carbons (Fsp3) is 0.0952. The van der Waals surface area contributed by atoms with Gasteiger partial charge in [0.05, 0.1) is 11.6 Å². The molecule has 0 radical (unpaired) electrons. The molecular formula is C21H15ClN6O2. The zero-order chi connectivity index (χ0) is 21.3. The Morgan fingerprint density at radius 2 is 1.97 bits per heavy atom. The Morgan fingerprint density at radius 1 is 1.20 bits per heavy atom. The third-order valence-corrected chi connectivity index (χ3v) is 4.61. The van der Waals surface area contributed by atoms with Gasteiger partial charge in [-0.2, -0.15) is 5.26 Å². The highest BCUT2D eigenvalue weighted by Crippen LogP contribution is 2.21. The fourth-order valence-electron chi connectivity index (χ4n) is 3.04. The highest BCUT2D eigenvalue weighted by atomic mass is 35.5. The van der Waals surface area contributed by atoms with E-state index in [2.05, 4.69) is 15.4 Å². The first-order valence-electron chi connectivity index (χ1n) is 8.98. The summed E-state index contributed by atoms with van der Waals surface area (Å²) in [6, 6.07) is 17.1. The second kappa shape index (κ2) is 7.81. The smallest absolute Gasteiger partial charge is 0.324 e. The van der Waals surface area contributed by atoms with E-state index in [1.807, 2.05) is 6.07 Å². The Hall–Kier alpha value is -3.96. The Labute approximate surface area is 176 Å². The van der Waals surface area contributed by atoms with Crippen molar-refractivity contribution in [1.29, 1.82) is 5.26 Å². The minimum Gasteiger partial charge on any atom is -0.324 e. The van der Waals surface area contributed by atoms with Crippen molar-refractivity contribution < 1.29 is 4.79 Å². The van der Waals surface area contributed by atoms with E-state index in [0.717, 1.165) is 4.68 Å². The van der Waals surface area contributed by atoms with Gasteiger partial charge in [0.1, 0.15) is 12.4 Å². The lowest BCUT2D eigenvalue weighted by atomic mass is 10.2. The van der Waals surface area contributed by atoms with Crippen LogP contribution >= 0.6 is 11.6 Å². The molecule has 2 heterocycles. The quantitative estimate of drug-likeness (QED) is 0.548. The number of nitrogens with one attached hydrogen (secondary N) is 1. The van der Waals surface area contributed by atoms with E-state index >= 15 is 0 Å². The van der Waals surface area contributed by atoms with E-state index in [0.29, 0.717) is 39.0 Å². The summed E-state index contributed by atoms with van der Waals surface area (Å²) >= 11 is 6.09. The van der Waals surface area contributed by atoms with E-state index in [9.17, 15) is 9.59 Å². The molecule has 148 valence electrons. The maximum absolute atomic E-state index is 13.0. The van der Waals surface area contributed by atoms with Gasteiger partial charge < -0.3 is 5.32 Å². The number of hydrogen-bond acceptors (Lipinski definition) is 5. The Morgan fingerprint density at radius 3 is 2.67 bits per heavy atom. The van der Waals surface area contributed by atoms with Crippen molar-refractivity contribution >= 4 is 28.8 Å². The lowest BCUT2D eigenvalue weighted by Crippen LogP contribution is -2.28. The summed E-state index contributed by atoms with van der Waals surface area (Å²) in [4.78, 5) is 29.9. The highest BCUT2D eigenvalue weighted by molar-refractivity contribution is 6.30. The van der Waals surface area contributed by atoms with Crippen LogP contribution in [0.25, 0.3) is 17.0 Å². The van der Waals surface area contributed by atoms with Gasteiger partial charge in [0, 0.05) is 28.0 Å². The van der Waals surface area contributed by atoms with Crippen molar-refractivity contribution in [2.24, 2.45) is 0 Å². The van der Waals surface area contributed by atoms with Gasteiger partial charge in [0.2, 0.25) is 5.91 Å². The SMILES string of the molecule is Cc1cc2nn(CC(=O)Nc3ccc(C#N)cc3)c(=O)n2c(-c2cccc(Cl)c2)n1. The number of halogens is 1. The standard InChI is InChI=1S/C21H15ClN6O2/c1-13-9-18-26-27(12-19(29)25-17-7-5-14(11-23)6-8-17)21(30)28(18)20(24-13)15-3-2-4-16(22)10-15/h2-10H,12H2,1H3,(H,25,29). The van der Waals surface area contributed by atoms with E-state index in [1.165, 1.54) is 4.40 Å². The Bertz CT molecular complexity index is 1370. The largest absolute Gasteiger partial charge is 0.352 e. The summed E-state index contributed by atoms with van der Waals surface area (Å²) in [5.41, 5.74) is 2.25. The minimum atomic E-state index is -0.484. The molecule has 4 rings (SSSR count). The van der Waals surface area contributed by atoms with Crippen LogP contribution in [0.15, 0.2) is 59.4 Å². The molecule has 30 heavy (non-hydrogen) atoms. The summed E-state index contributed by atoms with van der Waals surface area (Å²) in [7, 11) is 0. The predicted octanol–water partition coefficient (Wildman–Crippen LogP) is 3.03. The molecule has 0 saturated heterocycles. The number of anilines is 1. The Kier molecular flexibility index (Phi) is 5.04. The van der Waals surface area contributed by atoms with Gasteiger partial charge in [-0.1, -0.05) is 23.7 Å². The number of rotatable bonds is 4. The van der Waals surface area contributed by atoms with Crippen molar-refractivity contribution in [1.82, 2.24) is 19.2 Å². The highest BCUT2D eigenvalue weighted by Gasteiger charge is 2.16. The summed E-state index contributed by atoms with van der Waals surface area (Å²) in [5, 5.41) is 16.3. The molecule has 4 aromatic rings. The number of carbonyl (C=O) groups is 1. The predicted molar refractivity (Wildman–Crippen MR) is 112 cm³/mol. The van der Waals surface area contributed by atoms with Crippen LogP contribution in [-0.4, -0.2) is 25.1 Å². The average molecular weight is 419 g/mol. The number of fused-ring (bicyclic) bond motifs is 1. The number of aryl methyl sites for hydroxylation is 1. The molecule has 2 aromatic heterocycles. The third-order valence-electron chi connectivity index (χ3n) is 4.37. The van der Waals surface area contributed by atoms with Crippen LogP contribution in [0.5, 0.6) is 0 Å².